The van der Waals surface area contributed by atoms with Crippen LogP contribution in [0.4, 0.5) is 10.9 Å². The zero-order valence-electron chi connectivity index (χ0n) is 11.1. The predicted molar refractivity (Wildman–Crippen MR) is 76.2 cm³/mol. The fraction of sp³-hybridized carbons (Fsp3) is 0.636. The number of amides is 1. The van der Waals surface area contributed by atoms with Gasteiger partial charge in [-0.1, -0.05) is 25.2 Å². The lowest BCUT2D eigenvalue weighted by atomic mass is 10.4. The van der Waals surface area contributed by atoms with Crippen LogP contribution < -0.4 is 16.4 Å². The van der Waals surface area contributed by atoms with Gasteiger partial charge in [-0.3, -0.25) is 4.79 Å². The van der Waals surface area contributed by atoms with Gasteiger partial charge in [0.15, 0.2) is 5.13 Å². The van der Waals surface area contributed by atoms with E-state index in [-0.39, 0.29) is 11.7 Å². The summed E-state index contributed by atoms with van der Waals surface area (Å²) in [5.74, 6) is 0.128. The molecule has 6 nitrogen and oxygen atoms in total. The van der Waals surface area contributed by atoms with Crippen LogP contribution in [0.2, 0.25) is 0 Å². The Kier molecular flexibility index (Phi) is 5.87. The molecule has 0 aromatic carbocycles. The first kappa shape index (κ1) is 14.7. The second-order valence-electron chi connectivity index (χ2n) is 3.77. The molecule has 1 aromatic heterocycles. The molecule has 0 spiro atoms. The van der Waals surface area contributed by atoms with Crippen LogP contribution in [0.5, 0.6) is 0 Å². The van der Waals surface area contributed by atoms with Crippen molar-refractivity contribution in [3.63, 3.8) is 0 Å². The van der Waals surface area contributed by atoms with Crippen LogP contribution >= 0.6 is 11.3 Å². The van der Waals surface area contributed by atoms with Crippen molar-refractivity contribution in [3.05, 3.63) is 4.88 Å². The van der Waals surface area contributed by atoms with Crippen molar-refractivity contribution in [2.45, 2.75) is 13.8 Å². The molecule has 0 aliphatic heterocycles. The van der Waals surface area contributed by atoms with Crippen molar-refractivity contribution in [1.82, 2.24) is 15.2 Å². The summed E-state index contributed by atoms with van der Waals surface area (Å²) >= 11 is 1.27. The number of nitrogens with zero attached hydrogens (tertiary/aromatic N) is 2. The third-order valence-electron chi connectivity index (χ3n) is 2.68. The summed E-state index contributed by atoms with van der Waals surface area (Å²) in [4.78, 5) is 18.6. The minimum atomic E-state index is -0.154. The highest BCUT2D eigenvalue weighted by atomic mass is 32.1. The smallest absolute Gasteiger partial charge is 0.265 e. The van der Waals surface area contributed by atoms with Crippen LogP contribution in [0.25, 0.3) is 0 Å². The maximum Gasteiger partial charge on any atom is 0.265 e. The molecule has 1 amide bonds. The summed E-state index contributed by atoms with van der Waals surface area (Å²) in [7, 11) is 1.75. The van der Waals surface area contributed by atoms with Gasteiger partial charge in [-0.15, -0.1) is 0 Å². The standard InChI is InChI=1S/C11H21N5OS/c1-4-16(5-2)7-6-14-10(17)8-9(12)15-11(13-3)18-8/h4-7,12H2,1-3H3,(H,13,15)(H,14,17). The van der Waals surface area contributed by atoms with Crippen LogP contribution in [-0.2, 0) is 0 Å². The first-order chi connectivity index (χ1) is 8.62. The minimum Gasteiger partial charge on any atom is -0.382 e. The summed E-state index contributed by atoms with van der Waals surface area (Å²) < 4.78 is 0. The molecule has 0 atom stereocenters. The van der Waals surface area contributed by atoms with Crippen LogP contribution in [0, 0.1) is 0 Å². The summed E-state index contributed by atoms with van der Waals surface area (Å²) in [5.41, 5.74) is 5.69. The number of aromatic nitrogens is 1. The normalized spacial score (nSPS) is 10.7. The van der Waals surface area contributed by atoms with E-state index in [1.165, 1.54) is 11.3 Å². The number of hydrogen-bond donors (Lipinski definition) is 3. The maximum atomic E-state index is 11.9. The topological polar surface area (TPSA) is 83.3 Å². The molecule has 0 fully saturated rings. The number of nitrogens with two attached hydrogens (primary N) is 1. The molecular weight excluding hydrogens is 250 g/mol. The predicted octanol–water partition coefficient (Wildman–Crippen LogP) is 0.839. The van der Waals surface area contributed by atoms with E-state index in [9.17, 15) is 4.79 Å². The number of carbonyl (C=O) groups excluding carboxylic acids is 1. The average molecular weight is 271 g/mol. The van der Waals surface area contributed by atoms with E-state index in [2.05, 4.69) is 34.4 Å². The van der Waals surface area contributed by atoms with Gasteiger partial charge in [0.2, 0.25) is 0 Å². The summed E-state index contributed by atoms with van der Waals surface area (Å²) in [6.45, 7) is 7.64. The summed E-state index contributed by atoms with van der Waals surface area (Å²) in [6.07, 6.45) is 0. The summed E-state index contributed by atoms with van der Waals surface area (Å²) in [5, 5.41) is 6.39. The molecule has 0 unspecified atom stereocenters. The quantitative estimate of drug-likeness (QED) is 0.684. The Morgan fingerprint density at radius 3 is 2.61 bits per heavy atom. The van der Waals surface area contributed by atoms with Gasteiger partial charge in [-0.05, 0) is 13.1 Å². The molecule has 1 rings (SSSR count). The monoisotopic (exact) mass is 271 g/mol. The third kappa shape index (κ3) is 3.85. The molecule has 0 aliphatic carbocycles. The number of anilines is 2. The number of thiazole rings is 1. The molecule has 0 aliphatic rings. The second-order valence-corrected chi connectivity index (χ2v) is 4.77. The van der Waals surface area contributed by atoms with E-state index in [1.54, 1.807) is 7.05 Å². The van der Waals surface area contributed by atoms with Gasteiger partial charge >= 0.3 is 0 Å². The number of nitrogens with one attached hydrogen (secondary N) is 2. The highest BCUT2D eigenvalue weighted by Gasteiger charge is 2.15. The minimum absolute atomic E-state index is 0.154. The SMILES string of the molecule is CCN(CC)CCNC(=O)c1sc(NC)nc1N. The van der Waals surface area contributed by atoms with Crippen LogP contribution in [0.1, 0.15) is 23.5 Å². The average Bonchev–Trinajstić information content (AvgIpc) is 2.76. The Labute approximate surface area is 112 Å². The molecule has 0 bridgehead atoms. The van der Waals surface area contributed by atoms with Crippen LogP contribution in [-0.4, -0.2) is 49.0 Å². The van der Waals surface area contributed by atoms with Gasteiger partial charge in [0.1, 0.15) is 10.7 Å². The highest BCUT2D eigenvalue weighted by molar-refractivity contribution is 7.18. The Morgan fingerprint density at radius 1 is 1.44 bits per heavy atom. The lowest BCUT2D eigenvalue weighted by molar-refractivity contribution is 0.0953. The Bertz CT molecular complexity index is 389. The summed E-state index contributed by atoms with van der Waals surface area (Å²) in [6, 6.07) is 0. The van der Waals surface area contributed by atoms with Gasteiger partial charge in [-0.2, -0.15) is 0 Å². The van der Waals surface area contributed by atoms with Crippen LogP contribution in [0.3, 0.4) is 0 Å². The van der Waals surface area contributed by atoms with Gasteiger partial charge in [-0.25, -0.2) is 4.98 Å². The van der Waals surface area contributed by atoms with Gasteiger partial charge < -0.3 is 21.3 Å². The van der Waals surface area contributed by atoms with Gasteiger partial charge in [0.25, 0.3) is 5.91 Å². The van der Waals surface area contributed by atoms with Crippen molar-refractivity contribution >= 4 is 28.2 Å². The second kappa shape index (κ2) is 7.17. The molecule has 0 saturated heterocycles. The lowest BCUT2D eigenvalue weighted by Gasteiger charge is -2.17. The number of hydrogen-bond acceptors (Lipinski definition) is 6. The molecule has 18 heavy (non-hydrogen) atoms. The van der Waals surface area contributed by atoms with E-state index < -0.39 is 0 Å². The van der Waals surface area contributed by atoms with Crippen molar-refractivity contribution < 1.29 is 4.79 Å². The van der Waals surface area contributed by atoms with Crippen molar-refractivity contribution in [1.29, 1.82) is 0 Å². The largest absolute Gasteiger partial charge is 0.382 e. The molecule has 1 heterocycles. The van der Waals surface area contributed by atoms with Gasteiger partial charge in [0.05, 0.1) is 0 Å². The molecule has 0 radical (unpaired) electrons. The van der Waals surface area contributed by atoms with E-state index in [0.29, 0.717) is 16.6 Å². The molecule has 7 heteroatoms. The zero-order chi connectivity index (χ0) is 13.5. The maximum absolute atomic E-state index is 11.9. The van der Waals surface area contributed by atoms with E-state index >= 15 is 0 Å². The molecular formula is C11H21N5OS. The van der Waals surface area contributed by atoms with E-state index in [0.717, 1.165) is 19.6 Å². The van der Waals surface area contributed by atoms with Crippen molar-refractivity contribution in [3.8, 4) is 0 Å². The van der Waals surface area contributed by atoms with Gasteiger partial charge in [0, 0.05) is 20.1 Å². The fourth-order valence-corrected chi connectivity index (χ4v) is 2.30. The Hall–Kier alpha value is -1.34. The Morgan fingerprint density at radius 2 is 2.11 bits per heavy atom. The number of nitrogen functional groups attached to an aromatic ring is 1. The third-order valence-corrected chi connectivity index (χ3v) is 3.77. The Balaban J connectivity index is 2.47. The van der Waals surface area contributed by atoms with Crippen LogP contribution in [0.15, 0.2) is 0 Å². The molecule has 102 valence electrons. The van der Waals surface area contributed by atoms with Crippen molar-refractivity contribution in [2.75, 3.05) is 44.3 Å². The molecule has 0 saturated carbocycles. The van der Waals surface area contributed by atoms with E-state index in [1.807, 2.05) is 0 Å². The molecule has 1 aromatic rings. The number of likely N-dealkylation sites (N-methyl/N-ethyl adjacent to an activating group) is 1. The zero-order valence-corrected chi connectivity index (χ0v) is 11.9. The molecule has 4 N–H and O–H groups in total. The van der Waals surface area contributed by atoms with Crippen molar-refractivity contribution in [2.24, 2.45) is 0 Å². The fourth-order valence-electron chi connectivity index (χ4n) is 1.55. The highest BCUT2D eigenvalue weighted by Crippen LogP contribution is 2.23. The first-order valence-corrected chi connectivity index (χ1v) is 6.88. The first-order valence-electron chi connectivity index (χ1n) is 6.06. The van der Waals surface area contributed by atoms with E-state index in [4.69, 9.17) is 5.73 Å². The number of rotatable bonds is 7. The number of carbonyl (C=O) groups is 1. The lowest BCUT2D eigenvalue weighted by Crippen LogP contribution is -2.34.